The number of rotatable bonds is 3. The maximum Gasteiger partial charge on any atom is 0.0411 e. The number of likely N-dealkylation sites (N-methyl/N-ethyl adjacent to an activating group) is 1. The summed E-state index contributed by atoms with van der Waals surface area (Å²) in [5, 5.41) is 3.47. The summed E-state index contributed by atoms with van der Waals surface area (Å²) in [6, 6.07) is 9.67. The molecule has 0 radical (unpaired) electrons. The van der Waals surface area contributed by atoms with Gasteiger partial charge in [-0.2, -0.15) is 0 Å². The van der Waals surface area contributed by atoms with E-state index in [4.69, 9.17) is 0 Å². The summed E-state index contributed by atoms with van der Waals surface area (Å²) in [6.45, 7) is 6.77. The van der Waals surface area contributed by atoms with Crippen molar-refractivity contribution in [3.8, 4) is 0 Å². The van der Waals surface area contributed by atoms with Crippen LogP contribution in [0, 0.1) is 0 Å². The molecule has 1 aliphatic rings. The highest BCUT2D eigenvalue weighted by molar-refractivity contribution is 5.48. The molecule has 1 N–H and O–H groups in total. The van der Waals surface area contributed by atoms with Gasteiger partial charge in [0.2, 0.25) is 0 Å². The SMILES string of the molecule is CC(C)c1ccc(N(C)C2CCCNC2)cc1. The number of piperidine rings is 1. The van der Waals surface area contributed by atoms with Gasteiger partial charge in [0.25, 0.3) is 0 Å². The summed E-state index contributed by atoms with van der Waals surface area (Å²) < 4.78 is 0. The van der Waals surface area contributed by atoms with E-state index in [0.717, 1.165) is 6.54 Å². The third-order valence-corrected chi connectivity index (χ3v) is 3.79. The van der Waals surface area contributed by atoms with Crippen LogP contribution >= 0.6 is 0 Å². The van der Waals surface area contributed by atoms with Crippen molar-refractivity contribution in [1.82, 2.24) is 5.32 Å². The molecule has 0 aromatic heterocycles. The number of benzene rings is 1. The van der Waals surface area contributed by atoms with Crippen molar-refractivity contribution in [3.05, 3.63) is 29.8 Å². The van der Waals surface area contributed by atoms with Crippen LogP contribution in [0.2, 0.25) is 0 Å². The zero-order valence-corrected chi connectivity index (χ0v) is 11.2. The molecular formula is C15H24N2. The highest BCUT2D eigenvalue weighted by Crippen LogP contribution is 2.22. The minimum Gasteiger partial charge on any atom is -0.370 e. The smallest absolute Gasteiger partial charge is 0.0411 e. The lowest BCUT2D eigenvalue weighted by atomic mass is 10.0. The number of hydrogen-bond donors (Lipinski definition) is 1. The van der Waals surface area contributed by atoms with Crippen LogP contribution in [-0.2, 0) is 0 Å². The van der Waals surface area contributed by atoms with Crippen molar-refractivity contribution in [2.24, 2.45) is 0 Å². The monoisotopic (exact) mass is 232 g/mol. The molecule has 1 aromatic rings. The first-order valence-electron chi connectivity index (χ1n) is 6.72. The van der Waals surface area contributed by atoms with Crippen LogP contribution in [0.3, 0.4) is 0 Å². The molecule has 1 heterocycles. The Kier molecular flexibility index (Phi) is 4.06. The molecule has 2 heteroatoms. The number of nitrogens with one attached hydrogen (secondary N) is 1. The summed E-state index contributed by atoms with van der Waals surface area (Å²) in [7, 11) is 2.21. The lowest BCUT2D eigenvalue weighted by Gasteiger charge is -2.33. The molecule has 17 heavy (non-hydrogen) atoms. The van der Waals surface area contributed by atoms with Crippen LogP contribution < -0.4 is 10.2 Å². The van der Waals surface area contributed by atoms with Crippen molar-refractivity contribution >= 4 is 5.69 Å². The molecule has 1 aromatic carbocycles. The van der Waals surface area contributed by atoms with E-state index in [1.165, 1.54) is 30.6 Å². The second kappa shape index (κ2) is 5.54. The van der Waals surface area contributed by atoms with E-state index < -0.39 is 0 Å². The number of anilines is 1. The highest BCUT2D eigenvalue weighted by Gasteiger charge is 2.17. The van der Waals surface area contributed by atoms with Gasteiger partial charge in [0, 0.05) is 25.3 Å². The number of nitrogens with zero attached hydrogens (tertiary/aromatic N) is 1. The number of hydrogen-bond acceptors (Lipinski definition) is 2. The normalized spacial score (nSPS) is 20.6. The summed E-state index contributed by atoms with van der Waals surface area (Å²) in [4.78, 5) is 2.41. The molecule has 0 amide bonds. The van der Waals surface area contributed by atoms with Crippen molar-refractivity contribution in [2.75, 3.05) is 25.0 Å². The van der Waals surface area contributed by atoms with E-state index in [1.807, 2.05) is 0 Å². The first kappa shape index (κ1) is 12.4. The molecule has 2 rings (SSSR count). The van der Waals surface area contributed by atoms with Crippen LogP contribution in [0.25, 0.3) is 0 Å². The van der Waals surface area contributed by atoms with Crippen LogP contribution in [-0.4, -0.2) is 26.2 Å². The molecule has 0 aliphatic carbocycles. The van der Waals surface area contributed by atoms with Crippen LogP contribution in [0.15, 0.2) is 24.3 Å². The molecule has 1 fully saturated rings. The molecule has 1 aliphatic heterocycles. The Morgan fingerprint density at radius 2 is 1.94 bits per heavy atom. The second-order valence-corrected chi connectivity index (χ2v) is 5.36. The third kappa shape index (κ3) is 3.01. The first-order chi connectivity index (χ1) is 8.18. The van der Waals surface area contributed by atoms with Crippen molar-refractivity contribution in [3.63, 3.8) is 0 Å². The summed E-state index contributed by atoms with van der Waals surface area (Å²) >= 11 is 0. The standard InChI is InChI=1S/C15H24N2/c1-12(2)13-6-8-14(9-7-13)17(3)15-5-4-10-16-11-15/h6-9,12,15-16H,4-5,10-11H2,1-3H3. The molecule has 1 unspecified atom stereocenters. The predicted molar refractivity (Wildman–Crippen MR) is 74.8 cm³/mol. The fraction of sp³-hybridized carbons (Fsp3) is 0.600. The van der Waals surface area contributed by atoms with Gasteiger partial charge in [-0.15, -0.1) is 0 Å². The van der Waals surface area contributed by atoms with Crippen LogP contribution in [0.1, 0.15) is 38.2 Å². The van der Waals surface area contributed by atoms with Gasteiger partial charge in [0.05, 0.1) is 0 Å². The maximum absolute atomic E-state index is 3.47. The van der Waals surface area contributed by atoms with Crippen molar-refractivity contribution in [1.29, 1.82) is 0 Å². The van der Waals surface area contributed by atoms with E-state index in [-0.39, 0.29) is 0 Å². The van der Waals surface area contributed by atoms with Gasteiger partial charge < -0.3 is 10.2 Å². The van der Waals surface area contributed by atoms with E-state index in [0.29, 0.717) is 12.0 Å². The van der Waals surface area contributed by atoms with E-state index in [1.54, 1.807) is 0 Å². The van der Waals surface area contributed by atoms with Gasteiger partial charge in [-0.1, -0.05) is 26.0 Å². The summed E-state index contributed by atoms with van der Waals surface area (Å²) in [6.07, 6.45) is 2.59. The zero-order valence-electron chi connectivity index (χ0n) is 11.2. The molecule has 1 saturated heterocycles. The maximum atomic E-state index is 3.47. The van der Waals surface area contributed by atoms with Gasteiger partial charge >= 0.3 is 0 Å². The van der Waals surface area contributed by atoms with Crippen LogP contribution in [0.5, 0.6) is 0 Å². The Bertz CT molecular complexity index is 336. The minimum atomic E-state index is 0.616. The largest absolute Gasteiger partial charge is 0.370 e. The van der Waals surface area contributed by atoms with E-state index in [2.05, 4.69) is 55.4 Å². The van der Waals surface area contributed by atoms with Crippen molar-refractivity contribution in [2.45, 2.75) is 38.6 Å². The molecule has 0 saturated carbocycles. The van der Waals surface area contributed by atoms with Gasteiger partial charge in [-0.05, 0) is 43.0 Å². The molecule has 94 valence electrons. The van der Waals surface area contributed by atoms with Crippen molar-refractivity contribution < 1.29 is 0 Å². The lowest BCUT2D eigenvalue weighted by molar-refractivity contribution is 0.445. The zero-order chi connectivity index (χ0) is 12.3. The average molecular weight is 232 g/mol. The molecule has 2 nitrogen and oxygen atoms in total. The topological polar surface area (TPSA) is 15.3 Å². The Morgan fingerprint density at radius 3 is 2.47 bits per heavy atom. The van der Waals surface area contributed by atoms with E-state index >= 15 is 0 Å². The molecule has 0 bridgehead atoms. The van der Waals surface area contributed by atoms with E-state index in [9.17, 15) is 0 Å². The summed E-state index contributed by atoms with van der Waals surface area (Å²) in [5.41, 5.74) is 2.76. The highest BCUT2D eigenvalue weighted by atomic mass is 15.2. The molecular weight excluding hydrogens is 208 g/mol. The third-order valence-electron chi connectivity index (χ3n) is 3.79. The lowest BCUT2D eigenvalue weighted by Crippen LogP contribution is -2.44. The van der Waals surface area contributed by atoms with Gasteiger partial charge in [-0.25, -0.2) is 0 Å². The fourth-order valence-electron chi connectivity index (χ4n) is 2.47. The van der Waals surface area contributed by atoms with Gasteiger partial charge in [0.1, 0.15) is 0 Å². The average Bonchev–Trinajstić information content (AvgIpc) is 2.39. The minimum absolute atomic E-state index is 0.616. The Labute approximate surface area is 105 Å². The van der Waals surface area contributed by atoms with Crippen LogP contribution in [0.4, 0.5) is 5.69 Å². The first-order valence-corrected chi connectivity index (χ1v) is 6.72. The second-order valence-electron chi connectivity index (χ2n) is 5.36. The Hall–Kier alpha value is -1.02. The molecule has 0 spiro atoms. The summed E-state index contributed by atoms with van der Waals surface area (Å²) in [5.74, 6) is 0.616. The van der Waals surface area contributed by atoms with Gasteiger partial charge in [-0.3, -0.25) is 0 Å². The van der Waals surface area contributed by atoms with Gasteiger partial charge in [0.15, 0.2) is 0 Å². The Morgan fingerprint density at radius 1 is 1.24 bits per heavy atom. The molecule has 1 atom stereocenters. The Balaban J connectivity index is 2.05. The predicted octanol–water partition coefficient (Wildman–Crippen LogP) is 3.00. The fourth-order valence-corrected chi connectivity index (χ4v) is 2.47. The quantitative estimate of drug-likeness (QED) is 0.862.